The lowest BCUT2D eigenvalue weighted by Gasteiger charge is -1.96. The normalized spacial score (nSPS) is 8.67. The highest BCUT2D eigenvalue weighted by atomic mass is 16.5. The van der Waals surface area contributed by atoms with Gasteiger partial charge in [-0.15, -0.1) is 0 Å². The van der Waals surface area contributed by atoms with Crippen molar-refractivity contribution in [2.24, 2.45) is 0 Å². The van der Waals surface area contributed by atoms with Crippen LogP contribution in [0.3, 0.4) is 0 Å². The second-order valence-corrected chi connectivity index (χ2v) is 5.74. The Morgan fingerprint density at radius 3 is 1.42 bits per heavy atom. The number of unbranched alkanes of at least 4 members (excludes halogenated alkanes) is 5. The molecule has 0 fully saturated rings. The van der Waals surface area contributed by atoms with Crippen molar-refractivity contribution in [2.45, 2.75) is 113 Å². The van der Waals surface area contributed by atoms with Gasteiger partial charge in [-0.1, -0.05) is 86.5 Å². The second kappa shape index (κ2) is 38.2. The van der Waals surface area contributed by atoms with E-state index >= 15 is 0 Å². The van der Waals surface area contributed by atoms with Crippen LogP contribution in [0, 0.1) is 0 Å². The Morgan fingerprint density at radius 2 is 1.17 bits per heavy atom. The predicted octanol–water partition coefficient (Wildman–Crippen LogP) is 6.75. The molecule has 3 nitrogen and oxygen atoms in total. The van der Waals surface area contributed by atoms with Gasteiger partial charge < -0.3 is 10.1 Å². The zero-order chi connectivity index (χ0) is 19.5. The Labute approximate surface area is 154 Å². The van der Waals surface area contributed by atoms with Gasteiger partial charge in [0.25, 0.3) is 0 Å². The van der Waals surface area contributed by atoms with E-state index in [1.54, 1.807) is 0 Å². The smallest absolute Gasteiger partial charge is 0.216 e. The summed E-state index contributed by atoms with van der Waals surface area (Å²) in [6, 6.07) is 0. The maximum atomic E-state index is 10.2. The molecule has 0 spiro atoms. The zero-order valence-electron chi connectivity index (χ0n) is 18.3. The van der Waals surface area contributed by atoms with Crippen LogP contribution in [0.15, 0.2) is 0 Å². The summed E-state index contributed by atoms with van der Waals surface area (Å²) in [5.41, 5.74) is 0. The summed E-state index contributed by atoms with van der Waals surface area (Å²) < 4.78 is 5.07. The minimum absolute atomic E-state index is 0.0680. The summed E-state index contributed by atoms with van der Waals surface area (Å²) in [5, 5.41) is 2.71. The van der Waals surface area contributed by atoms with Crippen LogP contribution in [0.1, 0.15) is 113 Å². The minimum atomic E-state index is 0.0680. The van der Waals surface area contributed by atoms with Gasteiger partial charge in [0.2, 0.25) is 5.91 Å². The first-order valence-electron chi connectivity index (χ1n) is 10.3. The van der Waals surface area contributed by atoms with Gasteiger partial charge in [-0.05, 0) is 19.8 Å². The molecule has 0 aliphatic rings. The first-order valence-corrected chi connectivity index (χ1v) is 10.3. The minimum Gasteiger partial charge on any atom is -0.382 e. The Kier molecular flexibility index (Phi) is 49.6. The molecule has 3 heteroatoms. The van der Waals surface area contributed by atoms with E-state index in [0.717, 1.165) is 32.6 Å². The third-order valence-electron chi connectivity index (χ3n) is 2.96. The van der Waals surface area contributed by atoms with Gasteiger partial charge in [-0.2, -0.15) is 0 Å². The Hall–Kier alpha value is -0.570. The van der Waals surface area contributed by atoms with E-state index in [1.807, 2.05) is 6.92 Å². The Morgan fingerprint density at radius 1 is 0.708 bits per heavy atom. The summed E-state index contributed by atoms with van der Waals surface area (Å²) in [7, 11) is 0. The average Bonchev–Trinajstić information content (AvgIpc) is 2.57. The molecule has 0 aromatic heterocycles. The number of rotatable bonds is 10. The molecule has 24 heavy (non-hydrogen) atoms. The van der Waals surface area contributed by atoms with Gasteiger partial charge in [0.05, 0.1) is 0 Å². The number of hydrogen-bond donors (Lipinski definition) is 1. The van der Waals surface area contributed by atoms with E-state index < -0.39 is 0 Å². The van der Waals surface area contributed by atoms with Crippen molar-refractivity contribution in [3.05, 3.63) is 0 Å². The van der Waals surface area contributed by atoms with Crippen LogP contribution in [0.4, 0.5) is 0 Å². The lowest BCUT2D eigenvalue weighted by molar-refractivity contribution is -0.118. The van der Waals surface area contributed by atoms with Crippen LogP contribution in [0.5, 0.6) is 0 Å². The van der Waals surface area contributed by atoms with Gasteiger partial charge in [-0.25, -0.2) is 0 Å². The summed E-state index contributed by atoms with van der Waals surface area (Å²) in [6.07, 6.45) is 11.4. The van der Waals surface area contributed by atoms with Crippen LogP contribution in [0.25, 0.3) is 0 Å². The monoisotopic (exact) mass is 347 g/mol. The maximum absolute atomic E-state index is 10.2. The number of ether oxygens (including phenoxy) is 1. The van der Waals surface area contributed by atoms with Crippen molar-refractivity contribution in [1.29, 1.82) is 0 Å². The molecule has 0 rings (SSSR count). The van der Waals surface area contributed by atoms with Gasteiger partial charge in [0, 0.05) is 26.7 Å². The SMILES string of the molecule is CCCC.CCCCC.CCCCNC(C)=O.CCCCOCC. The third kappa shape index (κ3) is 68.5. The van der Waals surface area contributed by atoms with Gasteiger partial charge >= 0.3 is 0 Å². The highest BCUT2D eigenvalue weighted by molar-refractivity contribution is 5.72. The molecule has 0 saturated heterocycles. The van der Waals surface area contributed by atoms with Crippen LogP contribution in [-0.2, 0) is 9.53 Å². The average molecular weight is 348 g/mol. The molecule has 0 unspecified atom stereocenters. The molecule has 0 aliphatic heterocycles. The summed E-state index contributed by atoms with van der Waals surface area (Å²) in [5.74, 6) is 0.0680. The molecule has 0 atom stereocenters. The first-order chi connectivity index (χ1) is 11.5. The van der Waals surface area contributed by atoms with Gasteiger partial charge in [-0.3, -0.25) is 4.79 Å². The van der Waals surface area contributed by atoms with E-state index in [9.17, 15) is 4.79 Å². The molecule has 1 amide bonds. The van der Waals surface area contributed by atoms with Gasteiger partial charge in [0.15, 0.2) is 0 Å². The number of carbonyl (C=O) groups excluding carboxylic acids is 1. The highest BCUT2D eigenvalue weighted by Gasteiger charge is 1.85. The molecule has 0 bridgehead atoms. The summed E-state index contributed by atoms with van der Waals surface area (Å²) in [4.78, 5) is 10.2. The van der Waals surface area contributed by atoms with Crippen molar-refractivity contribution < 1.29 is 9.53 Å². The molecule has 0 radical (unpaired) electrons. The molecule has 0 aromatic carbocycles. The van der Waals surface area contributed by atoms with Crippen molar-refractivity contribution in [3.8, 4) is 0 Å². The molecule has 150 valence electrons. The third-order valence-corrected chi connectivity index (χ3v) is 2.96. The molecule has 1 N–H and O–H groups in total. The summed E-state index contributed by atoms with van der Waals surface area (Å²) >= 11 is 0. The fraction of sp³-hybridized carbons (Fsp3) is 0.952. The quantitative estimate of drug-likeness (QED) is 0.444. The van der Waals surface area contributed by atoms with E-state index in [1.165, 1.54) is 51.9 Å². The van der Waals surface area contributed by atoms with Crippen molar-refractivity contribution in [2.75, 3.05) is 19.8 Å². The fourth-order valence-corrected chi connectivity index (χ4v) is 1.19. The maximum Gasteiger partial charge on any atom is 0.216 e. The zero-order valence-corrected chi connectivity index (χ0v) is 18.3. The number of amides is 1. The topological polar surface area (TPSA) is 38.3 Å². The second-order valence-electron chi connectivity index (χ2n) is 5.74. The molecular weight excluding hydrogens is 298 g/mol. The number of hydrogen-bond acceptors (Lipinski definition) is 2. The van der Waals surface area contributed by atoms with Crippen LogP contribution in [-0.4, -0.2) is 25.7 Å². The largest absolute Gasteiger partial charge is 0.382 e. The van der Waals surface area contributed by atoms with E-state index in [4.69, 9.17) is 4.74 Å². The first kappa shape index (κ1) is 31.2. The molecule has 0 heterocycles. The standard InChI is InChI=1S/C6H13NO.C6H14O.C5H12.C4H10/c1-3-4-5-7-6(2)8;1-3-5-6-7-4-2;1-3-5-4-2;1-3-4-2/h3-5H2,1-2H3,(H,7,8);3-6H2,1-2H3;3-5H2,1-2H3;3-4H2,1-2H3. The van der Waals surface area contributed by atoms with E-state index in [-0.39, 0.29) is 5.91 Å². The molecule has 0 aliphatic carbocycles. The van der Waals surface area contributed by atoms with Gasteiger partial charge in [0.1, 0.15) is 0 Å². The van der Waals surface area contributed by atoms with Crippen molar-refractivity contribution in [1.82, 2.24) is 5.32 Å². The molecular formula is C21H49NO2. The van der Waals surface area contributed by atoms with E-state index in [2.05, 4.69) is 46.9 Å². The molecule has 0 aromatic rings. The van der Waals surface area contributed by atoms with E-state index in [0.29, 0.717) is 0 Å². The number of nitrogens with one attached hydrogen (secondary N) is 1. The van der Waals surface area contributed by atoms with Crippen molar-refractivity contribution >= 4 is 5.91 Å². The lowest BCUT2D eigenvalue weighted by atomic mass is 10.3. The Balaban J connectivity index is -0.000000115. The predicted molar refractivity (Wildman–Crippen MR) is 111 cm³/mol. The number of carbonyl (C=O) groups is 1. The highest BCUT2D eigenvalue weighted by Crippen LogP contribution is 1.88. The molecule has 0 saturated carbocycles. The lowest BCUT2D eigenvalue weighted by Crippen LogP contribution is -2.20. The van der Waals surface area contributed by atoms with Crippen LogP contribution >= 0.6 is 0 Å². The summed E-state index contributed by atoms with van der Waals surface area (Å²) in [6.45, 7) is 19.2. The van der Waals surface area contributed by atoms with Crippen LogP contribution in [0.2, 0.25) is 0 Å². The Bertz CT molecular complexity index is 177. The van der Waals surface area contributed by atoms with Crippen molar-refractivity contribution in [3.63, 3.8) is 0 Å². The fourth-order valence-electron chi connectivity index (χ4n) is 1.19. The van der Waals surface area contributed by atoms with Crippen LogP contribution < -0.4 is 5.32 Å².